The highest BCUT2D eigenvalue weighted by atomic mass is 79.9. The fourth-order valence-electron chi connectivity index (χ4n) is 1.22. The number of nitriles is 1. The van der Waals surface area contributed by atoms with Crippen LogP contribution in [0.4, 0.5) is 4.39 Å². The Bertz CT molecular complexity index is 642. The molecule has 0 aliphatic heterocycles. The summed E-state index contributed by atoms with van der Waals surface area (Å²) in [5.41, 5.74) is 0.0790. The zero-order valence-corrected chi connectivity index (χ0v) is 11.2. The number of benzene rings is 1. The SMILES string of the molecule is N#Cc1nc(Oc2ccc(F)c(Br)c2)ccc1Cl. The van der Waals surface area contributed by atoms with E-state index in [1.807, 2.05) is 6.07 Å². The van der Waals surface area contributed by atoms with Crippen LogP contribution in [0.25, 0.3) is 0 Å². The molecule has 0 atom stereocenters. The molecule has 0 saturated carbocycles. The molecule has 3 nitrogen and oxygen atoms in total. The summed E-state index contributed by atoms with van der Waals surface area (Å²) in [5.74, 6) is 0.237. The van der Waals surface area contributed by atoms with E-state index in [1.54, 1.807) is 0 Å². The van der Waals surface area contributed by atoms with E-state index in [9.17, 15) is 4.39 Å². The molecular weight excluding hydrogens is 322 g/mol. The molecule has 0 saturated heterocycles. The normalized spacial score (nSPS) is 9.89. The Morgan fingerprint density at radius 2 is 2.11 bits per heavy atom. The second-order valence-electron chi connectivity index (χ2n) is 3.27. The average molecular weight is 328 g/mol. The number of ether oxygens (including phenoxy) is 1. The molecule has 0 aliphatic rings. The molecule has 6 heteroatoms. The monoisotopic (exact) mass is 326 g/mol. The highest BCUT2D eigenvalue weighted by Crippen LogP contribution is 2.26. The fourth-order valence-corrected chi connectivity index (χ4v) is 1.73. The van der Waals surface area contributed by atoms with Crippen molar-refractivity contribution in [3.05, 3.63) is 51.3 Å². The Kier molecular flexibility index (Phi) is 3.80. The lowest BCUT2D eigenvalue weighted by atomic mass is 10.3. The third-order valence-corrected chi connectivity index (χ3v) is 2.95. The minimum absolute atomic E-state index is 0.0790. The van der Waals surface area contributed by atoms with Gasteiger partial charge in [0, 0.05) is 6.07 Å². The van der Waals surface area contributed by atoms with Gasteiger partial charge in [0.05, 0.1) is 9.50 Å². The zero-order chi connectivity index (χ0) is 13.1. The number of nitrogens with zero attached hydrogens (tertiary/aromatic N) is 2. The molecule has 90 valence electrons. The molecule has 0 N–H and O–H groups in total. The lowest BCUT2D eigenvalue weighted by molar-refractivity contribution is 0.460. The second-order valence-corrected chi connectivity index (χ2v) is 4.53. The maximum Gasteiger partial charge on any atom is 0.220 e. The maximum absolute atomic E-state index is 13.0. The topological polar surface area (TPSA) is 45.9 Å². The Hall–Kier alpha value is -1.64. The van der Waals surface area contributed by atoms with Crippen LogP contribution in [0.3, 0.4) is 0 Å². The number of aromatic nitrogens is 1. The van der Waals surface area contributed by atoms with Crippen LogP contribution in [0.2, 0.25) is 5.02 Å². The molecule has 0 unspecified atom stereocenters. The summed E-state index contributed by atoms with van der Waals surface area (Å²) >= 11 is 8.80. The van der Waals surface area contributed by atoms with Gasteiger partial charge in [-0.1, -0.05) is 11.6 Å². The summed E-state index contributed by atoms with van der Waals surface area (Å²) in [7, 11) is 0. The number of hydrogen-bond donors (Lipinski definition) is 0. The van der Waals surface area contributed by atoms with Gasteiger partial charge in [-0.2, -0.15) is 5.26 Å². The first-order chi connectivity index (χ1) is 8.60. The summed E-state index contributed by atoms with van der Waals surface area (Å²) in [6.45, 7) is 0. The van der Waals surface area contributed by atoms with Crippen molar-refractivity contribution in [2.45, 2.75) is 0 Å². The number of hydrogen-bond acceptors (Lipinski definition) is 3. The van der Waals surface area contributed by atoms with Crippen molar-refractivity contribution in [1.29, 1.82) is 5.26 Å². The van der Waals surface area contributed by atoms with Crippen LogP contribution in [-0.4, -0.2) is 4.98 Å². The van der Waals surface area contributed by atoms with Crippen molar-refractivity contribution in [2.75, 3.05) is 0 Å². The molecule has 2 rings (SSSR count). The first kappa shape index (κ1) is 12.8. The van der Waals surface area contributed by atoms with E-state index in [0.29, 0.717) is 5.75 Å². The van der Waals surface area contributed by atoms with E-state index < -0.39 is 0 Å². The van der Waals surface area contributed by atoms with Crippen LogP contribution in [0.1, 0.15) is 5.69 Å². The molecular formula is C12H5BrClFN2O. The lowest BCUT2D eigenvalue weighted by Crippen LogP contribution is -1.91. The van der Waals surface area contributed by atoms with E-state index in [4.69, 9.17) is 21.6 Å². The summed E-state index contributed by atoms with van der Waals surface area (Å²) in [6, 6.07) is 9.09. The fraction of sp³-hybridized carbons (Fsp3) is 0. The van der Waals surface area contributed by atoms with Gasteiger partial charge in [-0.05, 0) is 40.2 Å². The summed E-state index contributed by atoms with van der Waals surface area (Å²) in [5, 5.41) is 9.03. The Morgan fingerprint density at radius 1 is 1.33 bits per heavy atom. The van der Waals surface area contributed by atoms with E-state index in [-0.39, 0.29) is 26.9 Å². The minimum Gasteiger partial charge on any atom is -0.439 e. The zero-order valence-electron chi connectivity index (χ0n) is 8.82. The van der Waals surface area contributed by atoms with Crippen molar-refractivity contribution in [3.63, 3.8) is 0 Å². The van der Waals surface area contributed by atoms with Crippen LogP contribution in [-0.2, 0) is 0 Å². The third kappa shape index (κ3) is 2.78. The van der Waals surface area contributed by atoms with Crippen LogP contribution in [0.15, 0.2) is 34.8 Å². The van der Waals surface area contributed by atoms with Gasteiger partial charge in [0.2, 0.25) is 5.88 Å². The molecule has 0 amide bonds. The van der Waals surface area contributed by atoms with E-state index in [0.717, 1.165) is 0 Å². The van der Waals surface area contributed by atoms with Gasteiger partial charge in [0.15, 0.2) is 5.69 Å². The highest BCUT2D eigenvalue weighted by molar-refractivity contribution is 9.10. The van der Waals surface area contributed by atoms with E-state index >= 15 is 0 Å². The molecule has 0 spiro atoms. The first-order valence-electron chi connectivity index (χ1n) is 4.79. The van der Waals surface area contributed by atoms with E-state index in [2.05, 4.69) is 20.9 Å². The molecule has 1 aromatic heterocycles. The van der Waals surface area contributed by atoms with Crippen molar-refractivity contribution in [1.82, 2.24) is 4.98 Å². The van der Waals surface area contributed by atoms with Crippen LogP contribution < -0.4 is 4.74 Å². The smallest absolute Gasteiger partial charge is 0.220 e. The summed E-state index contributed by atoms with van der Waals surface area (Å²) in [4.78, 5) is 3.91. The quantitative estimate of drug-likeness (QED) is 0.826. The van der Waals surface area contributed by atoms with Gasteiger partial charge in [-0.3, -0.25) is 0 Å². The molecule has 1 heterocycles. The maximum atomic E-state index is 13.0. The minimum atomic E-state index is -0.385. The Labute approximate surface area is 116 Å². The summed E-state index contributed by atoms with van der Waals surface area (Å²) < 4.78 is 18.7. The largest absolute Gasteiger partial charge is 0.439 e. The van der Waals surface area contributed by atoms with Gasteiger partial charge in [-0.15, -0.1) is 0 Å². The third-order valence-electron chi connectivity index (χ3n) is 2.04. The predicted octanol–water partition coefficient (Wildman–Crippen LogP) is 4.30. The number of rotatable bonds is 2. The van der Waals surface area contributed by atoms with Crippen LogP contribution in [0, 0.1) is 17.1 Å². The van der Waals surface area contributed by atoms with Gasteiger partial charge in [-0.25, -0.2) is 9.37 Å². The van der Waals surface area contributed by atoms with Crippen molar-refractivity contribution >= 4 is 27.5 Å². The Morgan fingerprint density at radius 3 is 2.78 bits per heavy atom. The van der Waals surface area contributed by atoms with Crippen molar-refractivity contribution in [3.8, 4) is 17.7 Å². The van der Waals surface area contributed by atoms with Crippen molar-refractivity contribution in [2.24, 2.45) is 0 Å². The number of pyridine rings is 1. The first-order valence-corrected chi connectivity index (χ1v) is 5.97. The predicted molar refractivity (Wildman–Crippen MR) is 68.1 cm³/mol. The Balaban J connectivity index is 2.29. The second kappa shape index (κ2) is 5.34. The molecule has 1 aromatic carbocycles. The van der Waals surface area contributed by atoms with Crippen LogP contribution in [0.5, 0.6) is 11.6 Å². The summed E-state index contributed by atoms with van der Waals surface area (Å²) in [6.07, 6.45) is 0. The average Bonchev–Trinajstić information content (AvgIpc) is 2.36. The standard InChI is InChI=1S/C12H5BrClFN2O/c13-8-5-7(1-3-10(8)15)18-12-4-2-9(14)11(6-16)17-12/h1-5H. The van der Waals surface area contributed by atoms with Gasteiger partial charge < -0.3 is 4.74 Å². The number of halogens is 3. The van der Waals surface area contributed by atoms with E-state index in [1.165, 1.54) is 30.3 Å². The van der Waals surface area contributed by atoms with Crippen LogP contribution >= 0.6 is 27.5 Å². The molecule has 18 heavy (non-hydrogen) atoms. The molecule has 0 fully saturated rings. The van der Waals surface area contributed by atoms with Gasteiger partial charge >= 0.3 is 0 Å². The van der Waals surface area contributed by atoms with Gasteiger partial charge in [0.25, 0.3) is 0 Å². The lowest BCUT2D eigenvalue weighted by Gasteiger charge is -2.06. The molecule has 2 aromatic rings. The molecule has 0 bridgehead atoms. The van der Waals surface area contributed by atoms with Gasteiger partial charge in [0.1, 0.15) is 17.6 Å². The van der Waals surface area contributed by atoms with Crippen molar-refractivity contribution < 1.29 is 9.13 Å². The highest BCUT2D eigenvalue weighted by Gasteiger charge is 2.06. The molecule has 0 radical (unpaired) electrons. The molecule has 0 aliphatic carbocycles.